The summed E-state index contributed by atoms with van der Waals surface area (Å²) in [6.45, 7) is 2.11. The fraction of sp³-hybridized carbons (Fsp3) is 0.250. The summed E-state index contributed by atoms with van der Waals surface area (Å²) in [4.78, 5) is 14.9. The Kier molecular flexibility index (Phi) is 5.84. The Hall–Kier alpha value is -3.54. The quantitative estimate of drug-likeness (QED) is 0.492. The van der Waals surface area contributed by atoms with E-state index < -0.39 is 5.91 Å². The van der Waals surface area contributed by atoms with Crippen molar-refractivity contribution in [1.82, 2.24) is 5.43 Å². The maximum Gasteiger partial charge on any atom is 0.275 e. The number of methoxy groups -OCH3 is 1. The Morgan fingerprint density at radius 3 is 2.53 bits per heavy atom. The van der Waals surface area contributed by atoms with Crippen molar-refractivity contribution in [3.8, 4) is 11.5 Å². The topological polar surface area (TPSA) is 74.2 Å². The summed E-state index contributed by atoms with van der Waals surface area (Å²) in [5, 5.41) is 16.0. The summed E-state index contributed by atoms with van der Waals surface area (Å²) in [6.07, 6.45) is 5.25. The van der Waals surface area contributed by atoms with E-state index in [1.165, 1.54) is 19.3 Å². The Morgan fingerprint density at radius 2 is 1.80 bits per heavy atom. The number of phenols is 1. The zero-order chi connectivity index (χ0) is 20.9. The number of phenolic OH excluding ortho intramolecular Hbond substituents is 1. The van der Waals surface area contributed by atoms with Crippen LogP contribution in [0.25, 0.3) is 10.8 Å². The number of carbonyl (C=O) groups is 1. The predicted octanol–water partition coefficient (Wildman–Crippen LogP) is 4.31. The molecule has 0 unspecified atom stereocenters. The molecule has 154 valence electrons. The number of hydrogen-bond acceptors (Lipinski definition) is 5. The number of nitrogens with one attached hydrogen (secondary N) is 1. The number of ether oxygens (including phenoxy) is 1. The van der Waals surface area contributed by atoms with Crippen LogP contribution >= 0.6 is 0 Å². The molecule has 3 aromatic rings. The van der Waals surface area contributed by atoms with Gasteiger partial charge < -0.3 is 14.7 Å². The third-order valence-corrected chi connectivity index (χ3v) is 5.42. The first kappa shape index (κ1) is 19.8. The van der Waals surface area contributed by atoms with Crippen LogP contribution in [0.3, 0.4) is 0 Å². The van der Waals surface area contributed by atoms with Crippen molar-refractivity contribution >= 4 is 28.6 Å². The average molecular weight is 403 g/mol. The zero-order valence-electron chi connectivity index (χ0n) is 17.0. The lowest BCUT2D eigenvalue weighted by atomic mass is 10.1. The molecule has 0 atom stereocenters. The highest BCUT2D eigenvalue weighted by molar-refractivity contribution is 6.01. The fourth-order valence-electron chi connectivity index (χ4n) is 3.79. The molecular formula is C24H25N3O3. The molecule has 6 nitrogen and oxygen atoms in total. The molecule has 2 N–H and O–H groups in total. The lowest BCUT2D eigenvalue weighted by Gasteiger charge is -2.29. The van der Waals surface area contributed by atoms with E-state index in [2.05, 4.69) is 15.4 Å². The van der Waals surface area contributed by atoms with Gasteiger partial charge in [0.05, 0.1) is 18.9 Å². The molecule has 1 aliphatic heterocycles. The number of hydrogen-bond donors (Lipinski definition) is 2. The van der Waals surface area contributed by atoms with Gasteiger partial charge in [-0.1, -0.05) is 24.3 Å². The third kappa shape index (κ3) is 4.22. The van der Waals surface area contributed by atoms with E-state index in [9.17, 15) is 9.90 Å². The lowest BCUT2D eigenvalue weighted by Crippen LogP contribution is -2.29. The molecule has 0 spiro atoms. The van der Waals surface area contributed by atoms with Gasteiger partial charge in [-0.2, -0.15) is 5.10 Å². The van der Waals surface area contributed by atoms with Gasteiger partial charge in [-0.25, -0.2) is 5.43 Å². The molecule has 0 bridgehead atoms. The van der Waals surface area contributed by atoms with Crippen LogP contribution in [-0.2, 0) is 0 Å². The van der Waals surface area contributed by atoms with E-state index in [0.29, 0.717) is 5.75 Å². The Balaban J connectivity index is 1.48. The first-order valence-corrected chi connectivity index (χ1v) is 10.1. The minimum atomic E-state index is -0.474. The Morgan fingerprint density at radius 1 is 1.07 bits per heavy atom. The van der Waals surface area contributed by atoms with E-state index in [4.69, 9.17) is 4.74 Å². The van der Waals surface area contributed by atoms with Crippen molar-refractivity contribution in [1.29, 1.82) is 0 Å². The van der Waals surface area contributed by atoms with E-state index in [-0.39, 0.29) is 11.3 Å². The maximum atomic E-state index is 12.5. The normalized spacial score (nSPS) is 14.2. The number of anilines is 1. The van der Waals surface area contributed by atoms with Crippen molar-refractivity contribution < 1.29 is 14.6 Å². The first-order chi connectivity index (χ1) is 14.7. The van der Waals surface area contributed by atoms with Gasteiger partial charge >= 0.3 is 0 Å². The summed E-state index contributed by atoms with van der Waals surface area (Å²) in [7, 11) is 1.62. The summed E-state index contributed by atoms with van der Waals surface area (Å²) < 4.78 is 5.52. The highest BCUT2D eigenvalue weighted by Gasteiger charge is 2.14. The van der Waals surface area contributed by atoms with Crippen LogP contribution in [0, 0.1) is 0 Å². The molecule has 1 fully saturated rings. The van der Waals surface area contributed by atoms with Crippen molar-refractivity contribution in [2.24, 2.45) is 5.10 Å². The van der Waals surface area contributed by atoms with Gasteiger partial charge in [0.15, 0.2) is 0 Å². The van der Waals surface area contributed by atoms with Crippen molar-refractivity contribution in [2.45, 2.75) is 19.3 Å². The smallest absolute Gasteiger partial charge is 0.275 e. The molecule has 6 heteroatoms. The third-order valence-electron chi connectivity index (χ3n) is 5.42. The van der Waals surface area contributed by atoms with Crippen LogP contribution in [0.4, 0.5) is 5.69 Å². The van der Waals surface area contributed by atoms with E-state index in [0.717, 1.165) is 35.1 Å². The molecule has 0 aromatic heterocycles. The standard InChI is InChI=1S/C24H25N3O3/c1-30-23-15-20(27-11-5-2-6-12-27)10-9-19(23)16-25-26-24(29)21-13-17-7-3-4-8-18(17)14-22(21)28/h3-4,7-10,13-16,28H,2,5-6,11-12H2,1H3,(H,26,29). The maximum absolute atomic E-state index is 12.5. The first-order valence-electron chi connectivity index (χ1n) is 10.1. The van der Waals surface area contributed by atoms with E-state index >= 15 is 0 Å². The number of nitrogens with zero attached hydrogens (tertiary/aromatic N) is 2. The highest BCUT2D eigenvalue weighted by atomic mass is 16.5. The fourth-order valence-corrected chi connectivity index (χ4v) is 3.79. The van der Waals surface area contributed by atoms with Gasteiger partial charge in [0.1, 0.15) is 11.5 Å². The number of amides is 1. The molecule has 0 aliphatic carbocycles. The predicted molar refractivity (Wildman–Crippen MR) is 120 cm³/mol. The second kappa shape index (κ2) is 8.86. The number of benzene rings is 3. The summed E-state index contributed by atoms with van der Waals surface area (Å²) in [5.74, 6) is 0.146. The minimum absolute atomic E-state index is 0.0788. The van der Waals surface area contributed by atoms with Crippen LogP contribution in [-0.4, -0.2) is 37.4 Å². The SMILES string of the molecule is COc1cc(N2CCCCC2)ccc1C=NNC(=O)c1cc2ccccc2cc1O. The Bertz CT molecular complexity index is 1090. The summed E-state index contributed by atoms with van der Waals surface area (Å²) >= 11 is 0. The van der Waals surface area contributed by atoms with Crippen LogP contribution in [0.5, 0.6) is 11.5 Å². The highest BCUT2D eigenvalue weighted by Crippen LogP contribution is 2.27. The van der Waals surface area contributed by atoms with Gasteiger partial charge in [0, 0.05) is 30.4 Å². The van der Waals surface area contributed by atoms with E-state index in [1.807, 2.05) is 42.5 Å². The summed E-state index contributed by atoms with van der Waals surface area (Å²) in [5.41, 5.74) is 4.56. The monoisotopic (exact) mass is 403 g/mol. The molecule has 1 amide bonds. The van der Waals surface area contributed by atoms with Crippen LogP contribution in [0.2, 0.25) is 0 Å². The molecule has 3 aromatic carbocycles. The average Bonchev–Trinajstić information content (AvgIpc) is 2.79. The molecule has 30 heavy (non-hydrogen) atoms. The molecule has 0 radical (unpaired) electrons. The van der Waals surface area contributed by atoms with Crippen molar-refractivity contribution in [3.05, 3.63) is 65.7 Å². The molecular weight excluding hydrogens is 378 g/mol. The molecule has 1 aliphatic rings. The number of carbonyl (C=O) groups excluding carboxylic acids is 1. The lowest BCUT2D eigenvalue weighted by molar-refractivity contribution is 0.0952. The summed E-state index contributed by atoms with van der Waals surface area (Å²) in [6, 6.07) is 16.8. The number of fused-ring (bicyclic) bond motifs is 1. The van der Waals surface area contributed by atoms with Gasteiger partial charge in [-0.3, -0.25) is 4.79 Å². The van der Waals surface area contributed by atoms with Gasteiger partial charge in [-0.05, 0) is 54.3 Å². The van der Waals surface area contributed by atoms with Crippen LogP contribution in [0.15, 0.2) is 59.7 Å². The minimum Gasteiger partial charge on any atom is -0.507 e. The Labute approximate surface area is 175 Å². The van der Waals surface area contributed by atoms with Crippen molar-refractivity contribution in [2.75, 3.05) is 25.1 Å². The second-order valence-corrected chi connectivity index (χ2v) is 7.39. The molecule has 1 heterocycles. The number of hydrazone groups is 1. The molecule has 0 saturated carbocycles. The zero-order valence-corrected chi connectivity index (χ0v) is 17.0. The molecule has 4 rings (SSSR count). The second-order valence-electron chi connectivity index (χ2n) is 7.39. The van der Waals surface area contributed by atoms with E-state index in [1.54, 1.807) is 25.5 Å². The van der Waals surface area contributed by atoms with Crippen molar-refractivity contribution in [3.63, 3.8) is 0 Å². The number of aromatic hydroxyl groups is 1. The van der Waals surface area contributed by atoms with Gasteiger partial charge in [0.25, 0.3) is 5.91 Å². The molecule has 1 saturated heterocycles. The van der Waals surface area contributed by atoms with Crippen LogP contribution < -0.4 is 15.1 Å². The largest absolute Gasteiger partial charge is 0.507 e. The number of rotatable bonds is 5. The van der Waals surface area contributed by atoms with Gasteiger partial charge in [-0.15, -0.1) is 0 Å². The number of piperidine rings is 1. The van der Waals surface area contributed by atoms with Gasteiger partial charge in [0.2, 0.25) is 0 Å². The van der Waals surface area contributed by atoms with Crippen LogP contribution in [0.1, 0.15) is 35.2 Å².